The summed E-state index contributed by atoms with van der Waals surface area (Å²) in [4.78, 5) is 9.36. The van der Waals surface area contributed by atoms with Gasteiger partial charge in [0.1, 0.15) is 4.97 Å². The van der Waals surface area contributed by atoms with Gasteiger partial charge in [0.2, 0.25) is 0 Å². The van der Waals surface area contributed by atoms with Crippen molar-refractivity contribution in [3.8, 4) is 0 Å². The number of hydrogen-bond donors (Lipinski definition) is 1. The van der Waals surface area contributed by atoms with Crippen molar-refractivity contribution in [1.29, 1.82) is 0 Å². The third-order valence-electron chi connectivity index (χ3n) is 0. The maximum atomic E-state index is 8.11. The zero-order valence-corrected chi connectivity index (χ0v) is 3.07. The molecule has 0 heterocycles. The first kappa shape index (κ1) is 17.7. The molecule has 0 aromatic rings. The van der Waals surface area contributed by atoms with E-state index in [1.807, 2.05) is 0 Å². The van der Waals surface area contributed by atoms with Crippen molar-refractivity contribution in [1.82, 2.24) is 11.1 Å². The Kier molecular flexibility index (Phi) is 85.5. The minimum Gasteiger partial charge on any atom is -0.344 e. The Morgan fingerprint density at radius 2 is 1.60 bits per heavy atom. The average molecular weight is 101 g/mol. The Hall–Kier alpha value is 0.530. The van der Waals surface area contributed by atoms with E-state index in [9.17, 15) is 0 Å². The minimum atomic E-state index is 0. The van der Waals surface area contributed by atoms with Crippen LogP contribution < -0.4 is 11.1 Å². The van der Waals surface area contributed by atoms with Crippen LogP contribution in [0, 0.1) is 42.6 Å². The Morgan fingerprint density at radius 3 is 1.60 bits per heavy atom. The van der Waals surface area contributed by atoms with Gasteiger partial charge in [-0.15, -0.1) is 0 Å². The van der Waals surface area contributed by atoms with E-state index in [-0.39, 0.29) is 43.9 Å². The van der Waals surface area contributed by atoms with E-state index in [1.165, 1.54) is 4.97 Å². The SMILES string of the molecule is N.[Ar].[N-]=[N+]=O. The minimum absolute atomic E-state index is 0. The first-order valence-electron chi connectivity index (χ1n) is 0.383. The van der Waals surface area contributed by atoms with Gasteiger partial charge in [-0.05, 0) is 0 Å². The van der Waals surface area contributed by atoms with Crippen molar-refractivity contribution in [2.45, 2.75) is 0 Å². The molecule has 0 aromatic carbocycles. The van der Waals surface area contributed by atoms with Crippen LogP contribution in [0.1, 0.15) is 0 Å². The molecule has 0 radical (unpaired) electrons. The molecule has 0 aliphatic carbocycles. The van der Waals surface area contributed by atoms with Crippen molar-refractivity contribution < 1.29 is 37.7 Å². The van der Waals surface area contributed by atoms with Crippen LogP contribution in [0.25, 0.3) is 5.53 Å². The second-order valence-corrected chi connectivity index (χ2v) is 0.0816. The molecule has 0 aliphatic rings. The molecule has 4 nitrogen and oxygen atoms in total. The topological polar surface area (TPSA) is 88.5 Å². The molecular weight excluding hydrogens is 98.0 g/mol. The third kappa shape index (κ3) is 103. The van der Waals surface area contributed by atoms with Crippen LogP contribution in [0.5, 0.6) is 0 Å². The second-order valence-electron chi connectivity index (χ2n) is 0.0816. The molecule has 0 aliphatic heterocycles. The summed E-state index contributed by atoms with van der Waals surface area (Å²) in [5, 5.41) is 0. The molecule has 0 atom stereocenters. The zero-order valence-electron chi connectivity index (χ0n) is 2.36. The van der Waals surface area contributed by atoms with Crippen LogP contribution in [0.2, 0.25) is 0 Å². The average Bonchev–Trinajstić information content (AvgIpc) is 0.918. The Labute approximate surface area is 59.0 Å². The maximum absolute atomic E-state index is 8.11. The molecular formula is H3ArN3O. The molecule has 0 saturated heterocycles. The van der Waals surface area contributed by atoms with Crippen LogP contribution >= 0.6 is 0 Å². The van der Waals surface area contributed by atoms with Crippen molar-refractivity contribution >= 4 is 0 Å². The van der Waals surface area contributed by atoms with E-state index in [0.29, 0.717) is 0 Å². The standard InChI is InChI=1S/Ar.N2O.H3N/c;1-2-3;/h;;1H3. The first-order chi connectivity index (χ1) is 1.41. The number of rotatable bonds is 0. The van der Waals surface area contributed by atoms with Gasteiger partial charge in [0, 0.05) is 37.7 Å². The van der Waals surface area contributed by atoms with E-state index in [1.54, 1.807) is 0 Å². The smallest absolute Gasteiger partial charge is 0.151 e. The van der Waals surface area contributed by atoms with Gasteiger partial charge in [-0.1, -0.05) is 0 Å². The van der Waals surface area contributed by atoms with Gasteiger partial charge in [0.15, 0.2) is 4.91 Å². The van der Waals surface area contributed by atoms with Gasteiger partial charge >= 0.3 is 0 Å². The molecule has 0 unspecified atom stereocenters. The fourth-order valence-electron chi connectivity index (χ4n) is 0. The fraction of sp³-hybridized carbons (Fsp3) is 0. The monoisotopic (exact) mass is 101 g/mol. The van der Waals surface area contributed by atoms with E-state index in [4.69, 9.17) is 10.4 Å². The van der Waals surface area contributed by atoms with Crippen LogP contribution in [-0.2, 0) is 0 Å². The third-order valence-corrected chi connectivity index (χ3v) is 0. The van der Waals surface area contributed by atoms with E-state index < -0.39 is 0 Å². The second kappa shape index (κ2) is 24.1. The first-order valence-corrected chi connectivity index (χ1v) is 0.383. The van der Waals surface area contributed by atoms with Gasteiger partial charge < -0.3 is 6.15 Å². The quantitative estimate of drug-likeness (QED) is 0.343. The van der Waals surface area contributed by atoms with Crippen molar-refractivity contribution in [3.63, 3.8) is 0 Å². The normalized spacial score (nSPS) is 1.60. The van der Waals surface area contributed by atoms with Gasteiger partial charge in [-0.2, -0.15) is 0 Å². The zero-order chi connectivity index (χ0) is 2.71. The Bertz CT molecular complexity index is 27.9. The molecule has 5 heteroatoms. The van der Waals surface area contributed by atoms with Gasteiger partial charge in [-0.3, -0.25) is 5.53 Å². The molecule has 32 valence electrons. The van der Waals surface area contributed by atoms with E-state index in [0.717, 1.165) is 0 Å². The number of nitrogens with zero attached hydrogens (tertiary/aromatic N) is 2. The summed E-state index contributed by atoms with van der Waals surface area (Å²) in [5.41, 5.74) is 6.64. The maximum Gasteiger partial charge on any atom is 0.151 e. The van der Waals surface area contributed by atoms with Crippen molar-refractivity contribution in [2.75, 3.05) is 0 Å². The van der Waals surface area contributed by atoms with E-state index >= 15 is 0 Å². The molecule has 0 rings (SSSR count). The van der Waals surface area contributed by atoms with E-state index in [2.05, 4.69) is 0 Å². The molecule has 0 amide bonds. The Morgan fingerprint density at radius 1 is 1.60 bits per heavy atom. The van der Waals surface area contributed by atoms with Crippen LogP contribution in [0.4, 0.5) is 0 Å². The summed E-state index contributed by atoms with van der Waals surface area (Å²) in [5.74, 6) is 0. The van der Waals surface area contributed by atoms with Gasteiger partial charge in [0.25, 0.3) is 0 Å². The molecule has 0 saturated carbocycles. The number of hydrogen-bond acceptors (Lipinski definition) is 2. The van der Waals surface area contributed by atoms with Crippen molar-refractivity contribution in [3.05, 3.63) is 10.4 Å². The number of nitroso groups, excluding NO2 is 1. The summed E-state index contributed by atoms with van der Waals surface area (Å²) < 4.78 is 0. The van der Waals surface area contributed by atoms with Gasteiger partial charge in [-0.25, -0.2) is 0 Å². The van der Waals surface area contributed by atoms with Gasteiger partial charge in [0.05, 0.1) is 0 Å². The Balaban J connectivity index is -0.0000000200. The molecule has 3 N–H and O–H groups in total. The van der Waals surface area contributed by atoms with Crippen LogP contribution in [0.3, 0.4) is 0 Å². The summed E-state index contributed by atoms with van der Waals surface area (Å²) in [6.07, 6.45) is 0. The molecule has 0 bridgehead atoms. The predicted octanol–water partition coefficient (Wildman–Crippen LogP) is 0.00360. The summed E-state index contributed by atoms with van der Waals surface area (Å²) in [7, 11) is 0. The molecule has 0 spiro atoms. The molecule has 0 fully saturated rings. The molecule has 0 aromatic heterocycles. The molecule has 5 heavy (non-hydrogen) atoms. The predicted molar refractivity (Wildman–Crippen MR) is 13.9 cm³/mol. The van der Waals surface area contributed by atoms with Crippen molar-refractivity contribution in [2.24, 2.45) is 0 Å². The summed E-state index contributed by atoms with van der Waals surface area (Å²) in [6, 6.07) is 0. The largest absolute Gasteiger partial charge is 0.344 e. The fourth-order valence-corrected chi connectivity index (χ4v) is 0. The summed E-state index contributed by atoms with van der Waals surface area (Å²) in [6.45, 7) is 0. The summed E-state index contributed by atoms with van der Waals surface area (Å²) >= 11 is 0. The van der Waals surface area contributed by atoms with Crippen LogP contribution in [-0.4, -0.2) is 0 Å². The van der Waals surface area contributed by atoms with Crippen LogP contribution in [0.15, 0.2) is 0 Å².